The lowest BCUT2D eigenvalue weighted by Gasteiger charge is -1.91. The summed E-state index contributed by atoms with van der Waals surface area (Å²) < 4.78 is 0. The number of pyridine rings is 1. The molecule has 0 bridgehead atoms. The van der Waals surface area contributed by atoms with Gasteiger partial charge < -0.3 is 5.11 Å². The zero-order valence-corrected chi connectivity index (χ0v) is 6.69. The van der Waals surface area contributed by atoms with Crippen molar-refractivity contribution in [3.63, 3.8) is 0 Å². The van der Waals surface area contributed by atoms with Gasteiger partial charge in [0.2, 0.25) is 0 Å². The van der Waals surface area contributed by atoms with Gasteiger partial charge in [-0.15, -0.1) is 0 Å². The fraction of sp³-hybridized carbons (Fsp3) is 0.111. The highest BCUT2D eigenvalue weighted by atomic mass is 16.4. The summed E-state index contributed by atoms with van der Waals surface area (Å²) in [5.41, 5.74) is 1.71. The van der Waals surface area contributed by atoms with Crippen molar-refractivity contribution in [1.29, 1.82) is 0 Å². The zero-order valence-electron chi connectivity index (χ0n) is 6.69. The molecule has 1 aromatic heterocycles. The molecule has 62 valence electrons. The van der Waals surface area contributed by atoms with E-state index in [1.165, 1.54) is 6.08 Å². The highest BCUT2D eigenvalue weighted by Crippen LogP contribution is 1.99. The number of aromatic nitrogens is 1. The largest absolute Gasteiger partial charge is 0.478 e. The van der Waals surface area contributed by atoms with E-state index in [9.17, 15) is 4.79 Å². The number of aliphatic carboxylic acids is 1. The summed E-state index contributed by atoms with van der Waals surface area (Å²) in [4.78, 5) is 14.1. The molecule has 0 unspecified atom stereocenters. The van der Waals surface area contributed by atoms with Crippen molar-refractivity contribution in [3.8, 4) is 0 Å². The third-order valence-corrected chi connectivity index (χ3v) is 1.33. The summed E-state index contributed by atoms with van der Waals surface area (Å²) in [5, 5.41) is 8.31. The molecule has 12 heavy (non-hydrogen) atoms. The molecule has 0 aromatic carbocycles. The SMILES string of the molecule is Cc1ccc(C=CC(=O)O)nc1. The number of hydrogen-bond donors (Lipinski definition) is 1. The lowest BCUT2D eigenvalue weighted by atomic mass is 10.2. The van der Waals surface area contributed by atoms with Gasteiger partial charge in [0.1, 0.15) is 0 Å². The lowest BCUT2D eigenvalue weighted by molar-refractivity contribution is -0.131. The standard InChI is InChI=1S/C9H9NO2/c1-7-2-3-8(10-6-7)4-5-9(11)12/h2-6H,1H3,(H,11,12). The second-order valence-electron chi connectivity index (χ2n) is 2.43. The smallest absolute Gasteiger partial charge is 0.328 e. The molecule has 1 N–H and O–H groups in total. The first-order valence-corrected chi connectivity index (χ1v) is 3.52. The van der Waals surface area contributed by atoms with E-state index in [0.717, 1.165) is 11.6 Å². The van der Waals surface area contributed by atoms with Crippen LogP contribution in [0.2, 0.25) is 0 Å². The Bertz CT molecular complexity index is 301. The fourth-order valence-corrected chi connectivity index (χ4v) is 0.735. The van der Waals surface area contributed by atoms with Gasteiger partial charge in [-0.05, 0) is 24.6 Å². The Morgan fingerprint density at radius 3 is 2.83 bits per heavy atom. The molecule has 1 rings (SSSR count). The summed E-state index contributed by atoms with van der Waals surface area (Å²) in [6.45, 7) is 1.93. The summed E-state index contributed by atoms with van der Waals surface area (Å²) in [7, 11) is 0. The van der Waals surface area contributed by atoms with Gasteiger partial charge in [0.05, 0.1) is 5.69 Å². The predicted octanol–water partition coefficient (Wildman–Crippen LogP) is 1.49. The molecule has 0 fully saturated rings. The summed E-state index contributed by atoms with van der Waals surface area (Å²) in [6.07, 6.45) is 4.22. The van der Waals surface area contributed by atoms with E-state index in [0.29, 0.717) is 5.69 Å². The summed E-state index contributed by atoms with van der Waals surface area (Å²) in [6, 6.07) is 3.66. The molecule has 0 atom stereocenters. The Kier molecular flexibility index (Phi) is 2.58. The molecule has 3 heteroatoms. The van der Waals surface area contributed by atoms with E-state index in [1.54, 1.807) is 12.3 Å². The third-order valence-electron chi connectivity index (χ3n) is 1.33. The lowest BCUT2D eigenvalue weighted by Crippen LogP contribution is -1.87. The van der Waals surface area contributed by atoms with Crippen LogP contribution < -0.4 is 0 Å². The Morgan fingerprint density at radius 2 is 2.33 bits per heavy atom. The molecule has 0 aliphatic rings. The van der Waals surface area contributed by atoms with Crippen molar-refractivity contribution in [2.24, 2.45) is 0 Å². The molecule has 0 amide bonds. The van der Waals surface area contributed by atoms with E-state index in [-0.39, 0.29) is 0 Å². The van der Waals surface area contributed by atoms with Gasteiger partial charge in [0, 0.05) is 12.3 Å². The molecular weight excluding hydrogens is 154 g/mol. The summed E-state index contributed by atoms with van der Waals surface area (Å²) in [5.74, 6) is -0.961. The van der Waals surface area contributed by atoms with Crippen LogP contribution in [0.25, 0.3) is 6.08 Å². The van der Waals surface area contributed by atoms with Gasteiger partial charge in [-0.1, -0.05) is 6.07 Å². The first-order valence-electron chi connectivity index (χ1n) is 3.52. The van der Waals surface area contributed by atoms with E-state index in [4.69, 9.17) is 5.11 Å². The maximum atomic E-state index is 10.1. The van der Waals surface area contributed by atoms with Crippen LogP contribution in [0.1, 0.15) is 11.3 Å². The monoisotopic (exact) mass is 163 g/mol. The van der Waals surface area contributed by atoms with E-state index >= 15 is 0 Å². The van der Waals surface area contributed by atoms with Crippen molar-refractivity contribution in [3.05, 3.63) is 35.7 Å². The second-order valence-corrected chi connectivity index (χ2v) is 2.43. The number of aryl methyl sites for hydroxylation is 1. The molecule has 0 saturated carbocycles. The van der Waals surface area contributed by atoms with E-state index in [1.807, 2.05) is 13.0 Å². The molecule has 0 aliphatic heterocycles. The van der Waals surface area contributed by atoms with Gasteiger partial charge in [-0.3, -0.25) is 4.98 Å². The van der Waals surface area contributed by atoms with Crippen LogP contribution in [0.3, 0.4) is 0 Å². The van der Waals surface area contributed by atoms with Crippen LogP contribution in [0.5, 0.6) is 0 Å². The Hall–Kier alpha value is -1.64. The number of carbonyl (C=O) groups is 1. The number of rotatable bonds is 2. The maximum absolute atomic E-state index is 10.1. The van der Waals surface area contributed by atoms with Crippen LogP contribution in [-0.4, -0.2) is 16.1 Å². The Balaban J connectivity index is 2.77. The van der Waals surface area contributed by atoms with Crippen LogP contribution in [-0.2, 0) is 4.79 Å². The molecule has 1 heterocycles. The van der Waals surface area contributed by atoms with Crippen molar-refractivity contribution >= 4 is 12.0 Å². The number of hydrogen-bond acceptors (Lipinski definition) is 2. The predicted molar refractivity (Wildman–Crippen MR) is 45.6 cm³/mol. The zero-order chi connectivity index (χ0) is 8.97. The molecule has 0 aliphatic carbocycles. The minimum atomic E-state index is -0.961. The quantitative estimate of drug-likeness (QED) is 0.672. The van der Waals surface area contributed by atoms with Crippen LogP contribution in [0, 0.1) is 6.92 Å². The fourth-order valence-electron chi connectivity index (χ4n) is 0.735. The summed E-state index contributed by atoms with van der Waals surface area (Å²) >= 11 is 0. The van der Waals surface area contributed by atoms with Gasteiger partial charge in [-0.2, -0.15) is 0 Å². The first kappa shape index (κ1) is 8.46. The van der Waals surface area contributed by atoms with Gasteiger partial charge >= 0.3 is 5.97 Å². The average molecular weight is 163 g/mol. The molecule has 0 saturated heterocycles. The van der Waals surface area contributed by atoms with Gasteiger partial charge in [-0.25, -0.2) is 4.79 Å². The molecule has 0 radical (unpaired) electrons. The maximum Gasteiger partial charge on any atom is 0.328 e. The molecular formula is C9H9NO2. The third kappa shape index (κ3) is 2.54. The van der Waals surface area contributed by atoms with Gasteiger partial charge in [0.25, 0.3) is 0 Å². The van der Waals surface area contributed by atoms with E-state index < -0.39 is 5.97 Å². The highest BCUT2D eigenvalue weighted by Gasteiger charge is 1.89. The second kappa shape index (κ2) is 3.67. The van der Waals surface area contributed by atoms with Crippen molar-refractivity contribution < 1.29 is 9.90 Å². The Morgan fingerprint density at radius 1 is 1.58 bits per heavy atom. The van der Waals surface area contributed by atoms with Gasteiger partial charge in [0.15, 0.2) is 0 Å². The van der Waals surface area contributed by atoms with Crippen molar-refractivity contribution in [1.82, 2.24) is 4.98 Å². The van der Waals surface area contributed by atoms with Crippen molar-refractivity contribution in [2.45, 2.75) is 6.92 Å². The molecule has 3 nitrogen and oxygen atoms in total. The van der Waals surface area contributed by atoms with Crippen molar-refractivity contribution in [2.75, 3.05) is 0 Å². The van der Waals surface area contributed by atoms with E-state index in [2.05, 4.69) is 4.98 Å². The first-order chi connectivity index (χ1) is 5.68. The minimum absolute atomic E-state index is 0.656. The minimum Gasteiger partial charge on any atom is -0.478 e. The number of nitrogens with zero attached hydrogens (tertiary/aromatic N) is 1. The molecule has 1 aromatic rings. The average Bonchev–Trinajstić information content (AvgIpc) is 2.03. The topological polar surface area (TPSA) is 50.2 Å². The highest BCUT2D eigenvalue weighted by molar-refractivity contribution is 5.84. The van der Waals surface area contributed by atoms with Crippen LogP contribution >= 0.6 is 0 Å². The van der Waals surface area contributed by atoms with Crippen LogP contribution in [0.4, 0.5) is 0 Å². The number of carboxylic acid groups (broad SMARTS) is 1. The Labute approximate surface area is 70.4 Å². The van der Waals surface area contributed by atoms with Crippen LogP contribution in [0.15, 0.2) is 24.4 Å². The number of carboxylic acids is 1. The normalized spacial score (nSPS) is 10.4. The molecule has 0 spiro atoms.